The van der Waals surface area contributed by atoms with Crippen LogP contribution in [-0.4, -0.2) is 31.8 Å². The van der Waals surface area contributed by atoms with Crippen LogP contribution in [0.3, 0.4) is 0 Å². The lowest BCUT2D eigenvalue weighted by Crippen LogP contribution is -2.23. The maximum Gasteiger partial charge on any atom is 0.414 e. The molecule has 0 unspecified atom stereocenters. The maximum atomic E-state index is 11.9. The molecule has 0 radical (unpaired) electrons. The Balaban J connectivity index is 1.81. The molecule has 0 atom stereocenters. The summed E-state index contributed by atoms with van der Waals surface area (Å²) < 4.78 is 16.0. The molecule has 8 nitrogen and oxygen atoms in total. The number of anilines is 1. The minimum absolute atomic E-state index is 0.286. The maximum absolute atomic E-state index is 11.9. The third-order valence-corrected chi connectivity index (χ3v) is 4.36. The first-order valence-electron chi connectivity index (χ1n) is 10.2. The van der Waals surface area contributed by atoms with E-state index in [0.29, 0.717) is 37.0 Å². The highest BCUT2D eigenvalue weighted by Crippen LogP contribution is 2.25. The van der Waals surface area contributed by atoms with Crippen LogP contribution in [-0.2, 0) is 14.4 Å². The molecule has 2 aromatic rings. The first kappa shape index (κ1) is 22.2. The summed E-state index contributed by atoms with van der Waals surface area (Å²) in [5, 5.41) is 0. The quantitative estimate of drug-likeness (QED) is 0.200. The van der Waals surface area contributed by atoms with Gasteiger partial charge in [0.25, 0.3) is 0 Å². The number of hydrogen-bond donors (Lipinski definition) is 1. The number of rotatable bonds is 10. The van der Waals surface area contributed by atoms with Crippen molar-refractivity contribution in [3.8, 4) is 11.5 Å². The average Bonchev–Trinajstić information content (AvgIpc) is 3.22. The molecule has 1 aliphatic heterocycles. The van der Waals surface area contributed by atoms with E-state index in [-0.39, 0.29) is 18.5 Å². The van der Waals surface area contributed by atoms with Gasteiger partial charge in [0.15, 0.2) is 0 Å². The normalized spacial score (nSPS) is 13.7. The lowest BCUT2D eigenvalue weighted by Gasteiger charge is -2.16. The Morgan fingerprint density at radius 3 is 2.71 bits per heavy atom. The number of esters is 1. The summed E-state index contributed by atoms with van der Waals surface area (Å²) in [5.74, 6) is 0.583. The van der Waals surface area contributed by atoms with E-state index >= 15 is 0 Å². The van der Waals surface area contributed by atoms with E-state index in [9.17, 15) is 9.59 Å². The van der Waals surface area contributed by atoms with Crippen molar-refractivity contribution in [2.45, 2.75) is 26.7 Å². The van der Waals surface area contributed by atoms with Crippen LogP contribution in [0.4, 0.5) is 10.5 Å². The Kier molecular flexibility index (Phi) is 7.89. The van der Waals surface area contributed by atoms with E-state index in [2.05, 4.69) is 5.48 Å². The fraction of sp³-hybridized carbons (Fsp3) is 0.304. The number of ether oxygens (including phenoxy) is 3. The first-order valence-corrected chi connectivity index (χ1v) is 10.2. The van der Waals surface area contributed by atoms with E-state index in [1.54, 1.807) is 36.1 Å². The minimum atomic E-state index is -0.368. The third kappa shape index (κ3) is 6.23. The molecule has 1 saturated heterocycles. The van der Waals surface area contributed by atoms with Crippen LogP contribution in [0.15, 0.2) is 54.8 Å². The van der Waals surface area contributed by atoms with E-state index < -0.39 is 0 Å². The fourth-order valence-electron chi connectivity index (χ4n) is 2.79. The second kappa shape index (κ2) is 11.0. The summed E-state index contributed by atoms with van der Waals surface area (Å²) in [4.78, 5) is 30.5. The van der Waals surface area contributed by atoms with Crippen LogP contribution in [0.5, 0.6) is 11.5 Å². The average molecular weight is 426 g/mol. The standard InChI is InChI=1S/C23H26N2O6/c1-3-12-30-24-21(16-29-19-9-6-10-20(15-19)31-22(26)4-2)17-7-5-8-18(14-17)25-11-13-28-23(25)27/h5-10,14-16,24H,3-4,11-13H2,1-2H3. The van der Waals surface area contributed by atoms with Crippen LogP contribution in [0.1, 0.15) is 32.3 Å². The lowest BCUT2D eigenvalue weighted by atomic mass is 10.1. The SMILES string of the molecule is CCCONC(=COc1cccc(OC(=O)CC)c1)c1cccc(N2CCOC2=O)c1. The number of carbonyl (C=O) groups excluding carboxylic acids is 2. The van der Waals surface area contributed by atoms with Crippen molar-refractivity contribution in [1.29, 1.82) is 0 Å². The van der Waals surface area contributed by atoms with Gasteiger partial charge >= 0.3 is 12.1 Å². The van der Waals surface area contributed by atoms with Crippen molar-refractivity contribution < 1.29 is 28.6 Å². The predicted molar refractivity (Wildman–Crippen MR) is 115 cm³/mol. The second-order valence-electron chi connectivity index (χ2n) is 6.72. The molecule has 1 fully saturated rings. The number of benzene rings is 2. The third-order valence-electron chi connectivity index (χ3n) is 4.36. The van der Waals surface area contributed by atoms with E-state index in [0.717, 1.165) is 17.7 Å². The number of carbonyl (C=O) groups is 2. The van der Waals surface area contributed by atoms with Gasteiger partial charge in [-0.15, -0.1) is 0 Å². The van der Waals surface area contributed by atoms with Gasteiger partial charge in [0.05, 0.1) is 13.2 Å². The van der Waals surface area contributed by atoms with Gasteiger partial charge < -0.3 is 14.2 Å². The number of cyclic esters (lactones) is 1. The second-order valence-corrected chi connectivity index (χ2v) is 6.72. The van der Waals surface area contributed by atoms with Crippen molar-refractivity contribution in [3.05, 3.63) is 60.4 Å². The summed E-state index contributed by atoms with van der Waals surface area (Å²) in [6.07, 6.45) is 2.27. The predicted octanol–water partition coefficient (Wildman–Crippen LogP) is 4.27. The van der Waals surface area contributed by atoms with Crippen LogP contribution in [0.2, 0.25) is 0 Å². The summed E-state index contributed by atoms with van der Waals surface area (Å²) in [7, 11) is 0. The zero-order valence-electron chi connectivity index (χ0n) is 17.6. The van der Waals surface area contributed by atoms with Crippen molar-refractivity contribution in [2.75, 3.05) is 24.7 Å². The van der Waals surface area contributed by atoms with Gasteiger partial charge in [-0.3, -0.25) is 20.0 Å². The number of hydroxylamine groups is 1. The number of nitrogens with zero attached hydrogens (tertiary/aromatic N) is 1. The monoisotopic (exact) mass is 426 g/mol. The number of hydrogen-bond acceptors (Lipinski definition) is 7. The molecule has 164 valence electrons. The van der Waals surface area contributed by atoms with Crippen LogP contribution in [0, 0.1) is 0 Å². The highest BCUT2D eigenvalue weighted by atomic mass is 16.6. The first-order chi connectivity index (χ1) is 15.1. The molecular weight excluding hydrogens is 400 g/mol. The smallest absolute Gasteiger partial charge is 0.414 e. The molecule has 31 heavy (non-hydrogen) atoms. The Bertz CT molecular complexity index is 943. The molecule has 0 saturated carbocycles. The summed E-state index contributed by atoms with van der Waals surface area (Å²) in [6.45, 7) is 5.12. The summed E-state index contributed by atoms with van der Waals surface area (Å²) in [6, 6.07) is 14.2. The van der Waals surface area contributed by atoms with Gasteiger partial charge in [-0.25, -0.2) is 4.79 Å². The molecule has 0 aliphatic carbocycles. The topological polar surface area (TPSA) is 86.3 Å². The molecule has 8 heteroatoms. The largest absolute Gasteiger partial charge is 0.463 e. The fourth-order valence-corrected chi connectivity index (χ4v) is 2.79. The van der Waals surface area contributed by atoms with E-state index in [1.165, 1.54) is 6.26 Å². The Morgan fingerprint density at radius 2 is 1.97 bits per heavy atom. The molecule has 3 rings (SSSR count). The summed E-state index contributed by atoms with van der Waals surface area (Å²) in [5.41, 5.74) is 4.96. The van der Waals surface area contributed by atoms with Crippen molar-refractivity contribution >= 4 is 23.4 Å². The van der Waals surface area contributed by atoms with Crippen LogP contribution in [0.25, 0.3) is 5.70 Å². The van der Waals surface area contributed by atoms with Gasteiger partial charge in [0.2, 0.25) is 0 Å². The molecular formula is C23H26N2O6. The lowest BCUT2D eigenvalue weighted by molar-refractivity contribution is -0.134. The van der Waals surface area contributed by atoms with Gasteiger partial charge in [0.1, 0.15) is 30.1 Å². The van der Waals surface area contributed by atoms with Crippen LogP contribution < -0.4 is 19.9 Å². The Hall–Kier alpha value is -3.52. The van der Waals surface area contributed by atoms with Gasteiger partial charge in [-0.2, -0.15) is 0 Å². The minimum Gasteiger partial charge on any atom is -0.463 e. The molecule has 0 bridgehead atoms. The molecule has 0 aromatic heterocycles. The molecule has 0 spiro atoms. The van der Waals surface area contributed by atoms with Crippen molar-refractivity contribution in [2.24, 2.45) is 0 Å². The zero-order chi connectivity index (χ0) is 22.1. The van der Waals surface area contributed by atoms with Gasteiger partial charge in [-0.05, 0) is 30.7 Å². The number of nitrogens with one attached hydrogen (secondary N) is 1. The van der Waals surface area contributed by atoms with Crippen molar-refractivity contribution in [3.63, 3.8) is 0 Å². The highest BCUT2D eigenvalue weighted by Gasteiger charge is 2.23. The molecule has 1 N–H and O–H groups in total. The molecule has 1 aliphatic rings. The molecule has 1 amide bonds. The van der Waals surface area contributed by atoms with Crippen molar-refractivity contribution in [1.82, 2.24) is 5.48 Å². The molecule has 2 aromatic carbocycles. The van der Waals surface area contributed by atoms with Gasteiger partial charge in [-0.1, -0.05) is 32.0 Å². The van der Waals surface area contributed by atoms with Crippen LogP contribution >= 0.6 is 0 Å². The van der Waals surface area contributed by atoms with Gasteiger partial charge in [0, 0.05) is 23.7 Å². The summed E-state index contributed by atoms with van der Waals surface area (Å²) >= 11 is 0. The highest BCUT2D eigenvalue weighted by molar-refractivity contribution is 5.90. The van der Waals surface area contributed by atoms with E-state index in [4.69, 9.17) is 19.0 Å². The zero-order valence-corrected chi connectivity index (χ0v) is 17.6. The van der Waals surface area contributed by atoms with E-state index in [1.807, 2.05) is 31.2 Å². The Morgan fingerprint density at radius 1 is 1.16 bits per heavy atom. The number of amides is 1. The molecule has 1 heterocycles. The Labute approximate surface area is 181 Å².